The average Bonchev–Trinajstić information content (AvgIpc) is 3.27. The number of halogens is 1. The first kappa shape index (κ1) is 23.9. The second-order valence-electron chi connectivity index (χ2n) is 10.6. The van der Waals surface area contributed by atoms with Gasteiger partial charge >= 0.3 is 5.97 Å². The predicted molar refractivity (Wildman–Crippen MR) is 144 cm³/mol. The Balaban J connectivity index is 1.17. The lowest BCUT2D eigenvalue weighted by Gasteiger charge is -2.41. The molecule has 3 heterocycles. The van der Waals surface area contributed by atoms with Crippen molar-refractivity contribution in [2.24, 2.45) is 17.3 Å². The Morgan fingerprint density at radius 3 is 2.14 bits per heavy atom. The zero-order valence-electron chi connectivity index (χ0n) is 20.4. The molecule has 5 rings (SSSR count). The number of terminal acetylenes is 1. The highest BCUT2D eigenvalue weighted by atomic mass is 35.5. The standard InChI is InChI=1S/C29H34ClN3O2/c1-3-22-4-5-25(18-27(22)30)33-17-13-29(20-33)11-15-31(16-12-29)23-6-8-24(9-7-23)32-14-10-26(28(34)35)21(2)19-32/h1,4-9,18,21,26H,10-17,19-20H2,2H3,(H,34,35). The molecule has 35 heavy (non-hydrogen) atoms. The lowest BCUT2D eigenvalue weighted by Crippen LogP contribution is -2.42. The van der Waals surface area contributed by atoms with Gasteiger partial charge < -0.3 is 19.8 Å². The van der Waals surface area contributed by atoms with Gasteiger partial charge in [0.15, 0.2) is 0 Å². The molecule has 3 aliphatic heterocycles. The van der Waals surface area contributed by atoms with Gasteiger partial charge in [-0.3, -0.25) is 4.79 Å². The summed E-state index contributed by atoms with van der Waals surface area (Å²) >= 11 is 6.36. The van der Waals surface area contributed by atoms with Crippen LogP contribution in [0.25, 0.3) is 0 Å². The molecule has 3 aliphatic rings. The third-order valence-corrected chi connectivity index (χ3v) is 8.85. The van der Waals surface area contributed by atoms with Crippen molar-refractivity contribution in [1.82, 2.24) is 0 Å². The van der Waals surface area contributed by atoms with Gasteiger partial charge in [-0.1, -0.05) is 24.4 Å². The van der Waals surface area contributed by atoms with E-state index in [2.05, 4.69) is 51.0 Å². The van der Waals surface area contributed by atoms with Gasteiger partial charge in [-0.2, -0.15) is 0 Å². The zero-order chi connectivity index (χ0) is 24.6. The molecule has 0 aliphatic carbocycles. The third kappa shape index (κ3) is 4.82. The van der Waals surface area contributed by atoms with Gasteiger partial charge in [-0.25, -0.2) is 0 Å². The van der Waals surface area contributed by atoms with Crippen LogP contribution in [0.3, 0.4) is 0 Å². The van der Waals surface area contributed by atoms with Crippen LogP contribution in [0.5, 0.6) is 0 Å². The number of nitrogens with zero attached hydrogens (tertiary/aromatic N) is 3. The Labute approximate surface area is 213 Å². The Morgan fingerprint density at radius 2 is 1.57 bits per heavy atom. The monoisotopic (exact) mass is 491 g/mol. The molecule has 0 amide bonds. The highest BCUT2D eigenvalue weighted by molar-refractivity contribution is 6.32. The predicted octanol–water partition coefficient (Wildman–Crippen LogP) is 5.37. The summed E-state index contributed by atoms with van der Waals surface area (Å²) in [6, 6.07) is 14.9. The van der Waals surface area contributed by atoms with Crippen LogP contribution in [-0.2, 0) is 4.79 Å². The number of carboxylic acids is 1. The second-order valence-corrected chi connectivity index (χ2v) is 11.0. The molecule has 2 aromatic rings. The summed E-state index contributed by atoms with van der Waals surface area (Å²) in [4.78, 5) is 18.7. The molecule has 3 saturated heterocycles. The molecule has 184 valence electrons. The fourth-order valence-corrected chi connectivity index (χ4v) is 6.47. The van der Waals surface area contributed by atoms with Gasteiger partial charge in [0.2, 0.25) is 0 Å². The maximum atomic E-state index is 11.4. The molecule has 0 bridgehead atoms. The molecule has 2 atom stereocenters. The van der Waals surface area contributed by atoms with E-state index in [1.165, 1.54) is 36.3 Å². The van der Waals surface area contributed by atoms with E-state index in [-0.39, 0.29) is 11.8 Å². The third-order valence-electron chi connectivity index (χ3n) is 8.54. The summed E-state index contributed by atoms with van der Waals surface area (Å²) in [5.74, 6) is 1.92. The number of hydrogen-bond donors (Lipinski definition) is 1. The number of piperidine rings is 2. The van der Waals surface area contributed by atoms with Crippen molar-refractivity contribution in [3.8, 4) is 12.3 Å². The lowest BCUT2D eigenvalue weighted by molar-refractivity contribution is -0.144. The SMILES string of the molecule is C#Cc1ccc(N2CCC3(CCN(c4ccc(N5CCC(C(=O)O)C(C)C5)cc4)CC3)C2)cc1Cl. The topological polar surface area (TPSA) is 47.0 Å². The van der Waals surface area contributed by atoms with E-state index in [4.69, 9.17) is 18.0 Å². The van der Waals surface area contributed by atoms with Crippen LogP contribution < -0.4 is 14.7 Å². The molecule has 0 aromatic heterocycles. The molecule has 1 spiro atoms. The largest absolute Gasteiger partial charge is 0.481 e. The minimum atomic E-state index is -0.661. The second kappa shape index (κ2) is 9.66. The van der Waals surface area contributed by atoms with Crippen molar-refractivity contribution in [3.05, 3.63) is 53.1 Å². The maximum Gasteiger partial charge on any atom is 0.306 e. The summed E-state index contributed by atoms with van der Waals surface area (Å²) in [5, 5.41) is 10.0. The number of rotatable bonds is 4. The van der Waals surface area contributed by atoms with E-state index in [0.29, 0.717) is 16.9 Å². The molecule has 3 fully saturated rings. The minimum Gasteiger partial charge on any atom is -0.481 e. The van der Waals surface area contributed by atoms with Gasteiger partial charge in [0.25, 0.3) is 0 Å². The maximum absolute atomic E-state index is 11.4. The smallest absolute Gasteiger partial charge is 0.306 e. The van der Waals surface area contributed by atoms with Gasteiger partial charge in [-0.15, -0.1) is 6.42 Å². The Kier molecular flexibility index (Phi) is 6.59. The van der Waals surface area contributed by atoms with Crippen LogP contribution in [-0.4, -0.2) is 50.3 Å². The van der Waals surface area contributed by atoms with Gasteiger partial charge in [0.05, 0.1) is 10.9 Å². The van der Waals surface area contributed by atoms with E-state index in [1.807, 2.05) is 19.1 Å². The van der Waals surface area contributed by atoms with Crippen molar-refractivity contribution in [2.45, 2.75) is 32.6 Å². The fraction of sp³-hybridized carbons (Fsp3) is 0.483. The summed E-state index contributed by atoms with van der Waals surface area (Å²) in [6.07, 6.45) is 9.84. The number of benzene rings is 2. The Bertz CT molecular complexity index is 1120. The number of carbonyl (C=O) groups is 1. The highest BCUT2D eigenvalue weighted by Crippen LogP contribution is 2.43. The first-order chi connectivity index (χ1) is 16.9. The van der Waals surface area contributed by atoms with Gasteiger partial charge in [0, 0.05) is 61.9 Å². The lowest BCUT2D eigenvalue weighted by atomic mass is 9.77. The average molecular weight is 492 g/mol. The quantitative estimate of drug-likeness (QED) is 0.583. The molecular weight excluding hydrogens is 458 g/mol. The number of carboxylic acid groups (broad SMARTS) is 1. The zero-order valence-corrected chi connectivity index (χ0v) is 21.2. The van der Waals surface area contributed by atoms with Gasteiger partial charge in [0.1, 0.15) is 0 Å². The summed E-state index contributed by atoms with van der Waals surface area (Å²) < 4.78 is 0. The molecule has 1 N–H and O–H groups in total. The van der Waals surface area contributed by atoms with Crippen molar-refractivity contribution in [1.29, 1.82) is 0 Å². The first-order valence-corrected chi connectivity index (χ1v) is 13.1. The molecule has 5 nitrogen and oxygen atoms in total. The van der Waals surface area contributed by atoms with Crippen LogP contribution >= 0.6 is 11.6 Å². The molecule has 2 aromatic carbocycles. The number of anilines is 3. The van der Waals surface area contributed by atoms with Crippen molar-refractivity contribution >= 4 is 34.6 Å². The molecule has 2 unspecified atom stereocenters. The Hall–Kier alpha value is -2.84. The molecular formula is C29H34ClN3O2. The van der Waals surface area contributed by atoms with E-state index < -0.39 is 5.97 Å². The molecule has 0 saturated carbocycles. The fourth-order valence-electron chi connectivity index (χ4n) is 6.24. The minimum absolute atomic E-state index is 0.163. The van der Waals surface area contributed by atoms with Crippen LogP contribution in [0, 0.1) is 29.6 Å². The van der Waals surface area contributed by atoms with Crippen LogP contribution in [0.4, 0.5) is 17.1 Å². The van der Waals surface area contributed by atoms with Crippen LogP contribution in [0.1, 0.15) is 38.2 Å². The number of aliphatic carboxylic acids is 1. The summed E-state index contributed by atoms with van der Waals surface area (Å²) in [6.45, 7) is 7.95. The van der Waals surface area contributed by atoms with Crippen molar-refractivity contribution in [3.63, 3.8) is 0 Å². The van der Waals surface area contributed by atoms with E-state index >= 15 is 0 Å². The molecule has 0 radical (unpaired) electrons. The summed E-state index contributed by atoms with van der Waals surface area (Å²) in [7, 11) is 0. The van der Waals surface area contributed by atoms with Gasteiger partial charge in [-0.05, 0) is 79.5 Å². The highest BCUT2D eigenvalue weighted by Gasteiger charge is 2.41. The van der Waals surface area contributed by atoms with Crippen LogP contribution in [0.2, 0.25) is 5.02 Å². The summed E-state index contributed by atoms with van der Waals surface area (Å²) in [5.41, 5.74) is 4.77. The van der Waals surface area contributed by atoms with E-state index in [1.54, 1.807) is 0 Å². The van der Waals surface area contributed by atoms with E-state index in [0.717, 1.165) is 44.8 Å². The first-order valence-electron chi connectivity index (χ1n) is 12.7. The van der Waals surface area contributed by atoms with Crippen molar-refractivity contribution < 1.29 is 9.90 Å². The van der Waals surface area contributed by atoms with Crippen LogP contribution in [0.15, 0.2) is 42.5 Å². The normalized spacial score (nSPS) is 24.0. The van der Waals surface area contributed by atoms with E-state index in [9.17, 15) is 9.90 Å². The number of hydrogen-bond acceptors (Lipinski definition) is 4. The molecule has 6 heteroatoms. The Morgan fingerprint density at radius 1 is 0.971 bits per heavy atom. The van der Waals surface area contributed by atoms with Crippen molar-refractivity contribution in [2.75, 3.05) is 54.0 Å².